The molecule has 2 aromatic rings. The van der Waals surface area contributed by atoms with Gasteiger partial charge in [0.15, 0.2) is 0 Å². The van der Waals surface area contributed by atoms with Crippen LogP contribution in [0.15, 0.2) is 30.5 Å². The van der Waals surface area contributed by atoms with E-state index in [1.165, 1.54) is 0 Å². The van der Waals surface area contributed by atoms with Gasteiger partial charge in [-0.1, -0.05) is 13.0 Å². The molecule has 0 spiro atoms. The average molecular weight is 340 g/mol. The van der Waals surface area contributed by atoms with Gasteiger partial charge >= 0.3 is 0 Å². The highest BCUT2D eigenvalue weighted by molar-refractivity contribution is 5.39. The van der Waals surface area contributed by atoms with Gasteiger partial charge < -0.3 is 10.2 Å². The Morgan fingerprint density at radius 2 is 1.96 bits per heavy atom. The Morgan fingerprint density at radius 1 is 1.16 bits per heavy atom. The maximum Gasteiger partial charge on any atom is 0.130 e. The minimum atomic E-state index is 0.348. The molecule has 25 heavy (non-hydrogen) atoms. The second-order valence-electron chi connectivity index (χ2n) is 6.67. The molecular formula is C19H28N6. The second kappa shape index (κ2) is 8.25. The van der Waals surface area contributed by atoms with Crippen LogP contribution in [-0.2, 0) is 6.42 Å². The lowest BCUT2D eigenvalue weighted by atomic mass is 10.2. The maximum atomic E-state index is 4.51. The van der Waals surface area contributed by atoms with Crippen LogP contribution < -0.4 is 10.2 Å². The van der Waals surface area contributed by atoms with Gasteiger partial charge in [-0.05, 0) is 32.4 Å². The molecule has 0 saturated carbocycles. The quantitative estimate of drug-likeness (QED) is 0.871. The first-order valence-corrected chi connectivity index (χ1v) is 9.13. The highest BCUT2D eigenvalue weighted by atomic mass is 15.3. The zero-order valence-electron chi connectivity index (χ0n) is 15.4. The van der Waals surface area contributed by atoms with Gasteiger partial charge in [0.05, 0.1) is 0 Å². The molecule has 0 amide bonds. The molecule has 3 heterocycles. The smallest absolute Gasteiger partial charge is 0.130 e. The van der Waals surface area contributed by atoms with Gasteiger partial charge in [0.2, 0.25) is 0 Å². The number of hydrogen-bond acceptors (Lipinski definition) is 6. The summed E-state index contributed by atoms with van der Waals surface area (Å²) < 4.78 is 0. The first kappa shape index (κ1) is 17.6. The fourth-order valence-corrected chi connectivity index (χ4v) is 3.27. The summed E-state index contributed by atoms with van der Waals surface area (Å²) in [6.07, 6.45) is 2.80. The van der Waals surface area contributed by atoms with Gasteiger partial charge in [0.1, 0.15) is 17.5 Å². The van der Waals surface area contributed by atoms with E-state index in [9.17, 15) is 0 Å². The van der Waals surface area contributed by atoms with E-state index in [1.54, 1.807) is 0 Å². The molecular weight excluding hydrogens is 312 g/mol. The molecule has 0 bridgehead atoms. The number of nitrogens with one attached hydrogen (secondary N) is 1. The number of piperazine rings is 1. The molecule has 0 aliphatic carbocycles. The molecule has 134 valence electrons. The zero-order valence-corrected chi connectivity index (χ0v) is 15.4. The van der Waals surface area contributed by atoms with E-state index in [0.717, 1.165) is 62.3 Å². The summed E-state index contributed by atoms with van der Waals surface area (Å²) >= 11 is 0. The Labute approximate surface area is 150 Å². The molecule has 3 rings (SSSR count). The van der Waals surface area contributed by atoms with Crippen molar-refractivity contribution >= 4 is 11.6 Å². The highest BCUT2D eigenvalue weighted by Gasteiger charge is 2.19. The van der Waals surface area contributed by atoms with E-state index in [0.29, 0.717) is 6.04 Å². The lowest BCUT2D eigenvalue weighted by Gasteiger charge is -2.36. The largest absolute Gasteiger partial charge is 0.366 e. The standard InChI is InChI=1S/C19H28N6/c1-4-17-13-18(23-16(3)22-17)21-15(2)14-24-9-11-25(12-10-24)19-7-5-6-8-20-19/h5-8,13,15H,4,9-12,14H2,1-3H3,(H,21,22,23). The van der Waals surface area contributed by atoms with Crippen molar-refractivity contribution in [3.05, 3.63) is 42.0 Å². The Kier molecular flexibility index (Phi) is 5.81. The zero-order chi connectivity index (χ0) is 17.6. The number of hydrogen-bond donors (Lipinski definition) is 1. The molecule has 1 N–H and O–H groups in total. The molecule has 1 atom stereocenters. The van der Waals surface area contributed by atoms with Crippen LogP contribution in [0.2, 0.25) is 0 Å². The lowest BCUT2D eigenvalue weighted by molar-refractivity contribution is 0.250. The van der Waals surface area contributed by atoms with Gasteiger partial charge in [-0.2, -0.15) is 0 Å². The molecule has 1 aliphatic heterocycles. The summed E-state index contributed by atoms with van der Waals surface area (Å²) in [5, 5.41) is 3.53. The van der Waals surface area contributed by atoms with Gasteiger partial charge in [-0.25, -0.2) is 15.0 Å². The monoisotopic (exact) mass is 340 g/mol. The summed E-state index contributed by atoms with van der Waals surface area (Å²) in [6, 6.07) is 8.51. The van der Waals surface area contributed by atoms with Crippen molar-refractivity contribution in [1.29, 1.82) is 0 Å². The lowest BCUT2D eigenvalue weighted by Crippen LogP contribution is -2.49. The minimum Gasteiger partial charge on any atom is -0.366 e. The predicted octanol–water partition coefficient (Wildman–Crippen LogP) is 2.37. The maximum absolute atomic E-state index is 4.51. The van der Waals surface area contributed by atoms with Gasteiger partial charge in [-0.3, -0.25) is 4.90 Å². The summed E-state index contributed by atoms with van der Waals surface area (Å²) in [5.74, 6) is 2.85. The van der Waals surface area contributed by atoms with Crippen LogP contribution in [0.1, 0.15) is 25.4 Å². The third-order valence-electron chi connectivity index (χ3n) is 4.53. The van der Waals surface area contributed by atoms with Crippen LogP contribution in [-0.4, -0.2) is 58.6 Å². The number of aryl methyl sites for hydroxylation is 2. The molecule has 0 radical (unpaired) electrons. The van der Waals surface area contributed by atoms with Crippen LogP contribution in [0.25, 0.3) is 0 Å². The van der Waals surface area contributed by atoms with E-state index >= 15 is 0 Å². The number of nitrogens with zero attached hydrogens (tertiary/aromatic N) is 5. The number of pyridine rings is 1. The fourth-order valence-electron chi connectivity index (χ4n) is 3.27. The van der Waals surface area contributed by atoms with Crippen molar-refractivity contribution in [3.8, 4) is 0 Å². The van der Waals surface area contributed by atoms with Crippen molar-refractivity contribution < 1.29 is 0 Å². The number of anilines is 2. The molecule has 1 unspecified atom stereocenters. The summed E-state index contributed by atoms with van der Waals surface area (Å²) in [7, 11) is 0. The van der Waals surface area contributed by atoms with Crippen LogP contribution in [0, 0.1) is 6.92 Å². The molecule has 1 saturated heterocycles. The van der Waals surface area contributed by atoms with Crippen molar-refractivity contribution in [2.75, 3.05) is 42.9 Å². The Bertz CT molecular complexity index is 667. The van der Waals surface area contributed by atoms with E-state index in [1.807, 2.05) is 19.2 Å². The first-order valence-electron chi connectivity index (χ1n) is 9.13. The second-order valence-corrected chi connectivity index (χ2v) is 6.67. The summed E-state index contributed by atoms with van der Waals surface area (Å²) in [6.45, 7) is 11.5. The van der Waals surface area contributed by atoms with Crippen molar-refractivity contribution in [1.82, 2.24) is 19.9 Å². The van der Waals surface area contributed by atoms with Gasteiger partial charge in [0.25, 0.3) is 0 Å². The Morgan fingerprint density at radius 3 is 2.64 bits per heavy atom. The normalized spacial score (nSPS) is 16.7. The fraction of sp³-hybridized carbons (Fsp3) is 0.526. The minimum absolute atomic E-state index is 0.348. The molecule has 1 aliphatic rings. The molecule has 6 heteroatoms. The van der Waals surface area contributed by atoms with E-state index in [-0.39, 0.29) is 0 Å². The van der Waals surface area contributed by atoms with Crippen molar-refractivity contribution in [2.45, 2.75) is 33.2 Å². The Hall–Kier alpha value is -2.21. The van der Waals surface area contributed by atoms with Crippen LogP contribution in [0.3, 0.4) is 0 Å². The Balaban J connectivity index is 1.49. The van der Waals surface area contributed by atoms with Crippen LogP contribution in [0.4, 0.5) is 11.6 Å². The van der Waals surface area contributed by atoms with Crippen molar-refractivity contribution in [3.63, 3.8) is 0 Å². The predicted molar refractivity (Wildman–Crippen MR) is 102 cm³/mol. The third kappa shape index (κ3) is 4.89. The van der Waals surface area contributed by atoms with Crippen LogP contribution in [0.5, 0.6) is 0 Å². The highest BCUT2D eigenvalue weighted by Crippen LogP contribution is 2.14. The summed E-state index contributed by atoms with van der Waals surface area (Å²) in [5.41, 5.74) is 1.09. The number of aromatic nitrogens is 3. The van der Waals surface area contributed by atoms with Crippen LogP contribution >= 0.6 is 0 Å². The summed E-state index contributed by atoms with van der Waals surface area (Å²) in [4.78, 5) is 18.3. The average Bonchev–Trinajstić information content (AvgIpc) is 2.62. The molecule has 6 nitrogen and oxygen atoms in total. The van der Waals surface area contributed by atoms with Gasteiger partial charge in [0, 0.05) is 56.7 Å². The molecule has 1 fully saturated rings. The third-order valence-corrected chi connectivity index (χ3v) is 4.53. The molecule has 0 aromatic carbocycles. The SMILES string of the molecule is CCc1cc(NC(C)CN2CCN(c3ccccn3)CC2)nc(C)n1. The van der Waals surface area contributed by atoms with E-state index in [2.05, 4.69) is 62.1 Å². The van der Waals surface area contributed by atoms with E-state index < -0.39 is 0 Å². The van der Waals surface area contributed by atoms with E-state index in [4.69, 9.17) is 0 Å². The topological polar surface area (TPSA) is 57.2 Å². The molecule has 2 aromatic heterocycles. The van der Waals surface area contributed by atoms with Crippen molar-refractivity contribution in [2.24, 2.45) is 0 Å². The number of rotatable bonds is 6. The first-order chi connectivity index (χ1) is 12.1. The van der Waals surface area contributed by atoms with Gasteiger partial charge in [-0.15, -0.1) is 0 Å².